The van der Waals surface area contributed by atoms with Crippen LogP contribution in [0.2, 0.25) is 5.02 Å². The fraction of sp³-hybridized carbons (Fsp3) is 0.400. The van der Waals surface area contributed by atoms with Gasteiger partial charge in [-0.25, -0.2) is 8.42 Å². The zero-order valence-electron chi connectivity index (χ0n) is 9.10. The van der Waals surface area contributed by atoms with E-state index >= 15 is 0 Å². The molecule has 1 aromatic rings. The van der Waals surface area contributed by atoms with Gasteiger partial charge in [0.25, 0.3) is 0 Å². The van der Waals surface area contributed by atoms with Gasteiger partial charge in [-0.3, -0.25) is 0 Å². The standard InChI is InChI=1S/C10H14ClNO3S/c1-7(15-2)6-16(13,14)10-5-8(12)3-4-9(10)11/h3-5,7H,6,12H2,1-2H3. The molecule has 1 unspecified atom stereocenters. The van der Waals surface area contributed by atoms with Gasteiger partial charge in [0.2, 0.25) is 0 Å². The van der Waals surface area contributed by atoms with Crippen molar-refractivity contribution in [1.29, 1.82) is 0 Å². The molecule has 90 valence electrons. The Kier molecular flexibility index (Phi) is 4.18. The van der Waals surface area contributed by atoms with Crippen molar-refractivity contribution in [1.82, 2.24) is 0 Å². The second-order valence-corrected chi connectivity index (χ2v) is 5.93. The highest BCUT2D eigenvalue weighted by atomic mass is 35.5. The zero-order valence-corrected chi connectivity index (χ0v) is 10.7. The van der Waals surface area contributed by atoms with Gasteiger partial charge in [-0.2, -0.15) is 0 Å². The Morgan fingerprint density at radius 1 is 1.50 bits per heavy atom. The van der Waals surface area contributed by atoms with Crippen molar-refractivity contribution in [3.8, 4) is 0 Å². The summed E-state index contributed by atoms with van der Waals surface area (Å²) >= 11 is 5.83. The highest BCUT2D eigenvalue weighted by molar-refractivity contribution is 7.91. The summed E-state index contributed by atoms with van der Waals surface area (Å²) in [5.74, 6) is -0.118. The number of rotatable bonds is 4. The lowest BCUT2D eigenvalue weighted by molar-refractivity contribution is 0.136. The van der Waals surface area contributed by atoms with Gasteiger partial charge < -0.3 is 10.5 Å². The second kappa shape index (κ2) is 5.03. The minimum Gasteiger partial charge on any atom is -0.399 e. The summed E-state index contributed by atoms with van der Waals surface area (Å²) in [6.45, 7) is 1.68. The van der Waals surface area contributed by atoms with Crippen molar-refractivity contribution in [2.45, 2.75) is 17.9 Å². The van der Waals surface area contributed by atoms with Crippen LogP contribution in [0.5, 0.6) is 0 Å². The van der Waals surface area contributed by atoms with Gasteiger partial charge in [0.15, 0.2) is 9.84 Å². The number of hydrogen-bond acceptors (Lipinski definition) is 4. The van der Waals surface area contributed by atoms with E-state index in [0.717, 1.165) is 0 Å². The maximum atomic E-state index is 12.0. The monoisotopic (exact) mass is 263 g/mol. The average Bonchev–Trinajstić information content (AvgIpc) is 2.20. The molecule has 0 radical (unpaired) electrons. The van der Waals surface area contributed by atoms with Gasteiger partial charge >= 0.3 is 0 Å². The number of nitrogen functional groups attached to an aromatic ring is 1. The maximum absolute atomic E-state index is 12.0. The largest absolute Gasteiger partial charge is 0.399 e. The highest BCUT2D eigenvalue weighted by Gasteiger charge is 2.21. The van der Waals surface area contributed by atoms with Crippen molar-refractivity contribution < 1.29 is 13.2 Å². The van der Waals surface area contributed by atoms with E-state index in [9.17, 15) is 8.42 Å². The number of benzene rings is 1. The first-order valence-corrected chi connectivity index (χ1v) is 6.70. The topological polar surface area (TPSA) is 69.4 Å². The molecule has 0 aliphatic carbocycles. The molecule has 0 aliphatic rings. The van der Waals surface area contributed by atoms with E-state index in [0.29, 0.717) is 5.69 Å². The van der Waals surface area contributed by atoms with E-state index in [1.807, 2.05) is 0 Å². The first-order valence-electron chi connectivity index (χ1n) is 4.67. The van der Waals surface area contributed by atoms with Gasteiger partial charge in [-0.15, -0.1) is 0 Å². The van der Waals surface area contributed by atoms with Crippen LogP contribution in [-0.2, 0) is 14.6 Å². The molecule has 0 fully saturated rings. The van der Waals surface area contributed by atoms with E-state index in [1.165, 1.54) is 19.2 Å². The summed E-state index contributed by atoms with van der Waals surface area (Å²) in [6, 6.07) is 4.39. The van der Waals surface area contributed by atoms with Gasteiger partial charge in [-0.05, 0) is 25.1 Å². The average molecular weight is 264 g/mol. The minimum atomic E-state index is -3.46. The van der Waals surface area contributed by atoms with Crippen LogP contribution in [0.15, 0.2) is 23.1 Å². The van der Waals surface area contributed by atoms with E-state index in [-0.39, 0.29) is 21.8 Å². The van der Waals surface area contributed by atoms with E-state index < -0.39 is 9.84 Å². The number of ether oxygens (including phenoxy) is 1. The number of methoxy groups -OCH3 is 1. The van der Waals surface area contributed by atoms with Gasteiger partial charge in [-0.1, -0.05) is 11.6 Å². The van der Waals surface area contributed by atoms with Crippen molar-refractivity contribution in [2.75, 3.05) is 18.6 Å². The fourth-order valence-corrected chi connectivity index (χ4v) is 3.31. The molecule has 2 N–H and O–H groups in total. The molecule has 0 heterocycles. The third-order valence-corrected chi connectivity index (χ3v) is 4.50. The number of nitrogens with two attached hydrogens (primary N) is 1. The van der Waals surface area contributed by atoms with Crippen LogP contribution in [0, 0.1) is 0 Å². The lowest BCUT2D eigenvalue weighted by Gasteiger charge is -2.11. The number of halogens is 1. The maximum Gasteiger partial charge on any atom is 0.182 e. The predicted molar refractivity (Wildman–Crippen MR) is 64.4 cm³/mol. The van der Waals surface area contributed by atoms with Crippen LogP contribution in [-0.4, -0.2) is 27.4 Å². The summed E-state index contributed by atoms with van der Waals surface area (Å²) < 4.78 is 28.8. The molecule has 1 atom stereocenters. The summed E-state index contributed by atoms with van der Waals surface area (Å²) in [6.07, 6.45) is -0.387. The van der Waals surface area contributed by atoms with E-state index in [2.05, 4.69) is 0 Å². The molecular formula is C10H14ClNO3S. The molecule has 1 aromatic carbocycles. The minimum absolute atomic E-state index is 0.0538. The molecule has 0 bridgehead atoms. The third kappa shape index (κ3) is 3.10. The summed E-state index contributed by atoms with van der Waals surface area (Å²) in [5.41, 5.74) is 5.90. The molecule has 16 heavy (non-hydrogen) atoms. The lowest BCUT2D eigenvalue weighted by atomic mass is 10.3. The molecule has 0 saturated heterocycles. The quantitative estimate of drug-likeness (QED) is 0.840. The number of hydrogen-bond donors (Lipinski definition) is 1. The van der Waals surface area contributed by atoms with Gasteiger partial charge in [0.05, 0.1) is 21.8 Å². The summed E-state index contributed by atoms with van der Waals surface area (Å²) in [7, 11) is -2.00. The Morgan fingerprint density at radius 2 is 2.12 bits per heavy atom. The SMILES string of the molecule is COC(C)CS(=O)(=O)c1cc(N)ccc1Cl. The fourth-order valence-electron chi connectivity index (χ4n) is 1.23. The van der Waals surface area contributed by atoms with Crippen molar-refractivity contribution in [2.24, 2.45) is 0 Å². The smallest absolute Gasteiger partial charge is 0.182 e. The molecule has 0 aliphatic heterocycles. The molecule has 0 saturated carbocycles. The highest BCUT2D eigenvalue weighted by Crippen LogP contribution is 2.25. The Labute approximate surface area is 100 Å². The zero-order chi connectivity index (χ0) is 12.3. The van der Waals surface area contributed by atoms with Crippen LogP contribution < -0.4 is 5.73 Å². The van der Waals surface area contributed by atoms with E-state index in [1.54, 1.807) is 13.0 Å². The lowest BCUT2D eigenvalue weighted by Crippen LogP contribution is -2.20. The molecule has 0 amide bonds. The van der Waals surface area contributed by atoms with Crippen LogP contribution in [0.25, 0.3) is 0 Å². The Hall–Kier alpha value is -0.780. The third-order valence-electron chi connectivity index (χ3n) is 2.15. The molecule has 0 spiro atoms. The predicted octanol–water partition coefficient (Wildman–Crippen LogP) is 1.73. The van der Waals surface area contributed by atoms with Crippen molar-refractivity contribution >= 4 is 27.1 Å². The van der Waals surface area contributed by atoms with Crippen molar-refractivity contribution in [3.05, 3.63) is 23.2 Å². The van der Waals surface area contributed by atoms with E-state index in [4.69, 9.17) is 22.1 Å². The molecule has 6 heteroatoms. The Balaban J connectivity index is 3.12. The molecule has 4 nitrogen and oxygen atoms in total. The summed E-state index contributed by atoms with van der Waals surface area (Å²) in [5, 5.41) is 0.178. The normalized spacial score (nSPS) is 13.7. The first-order chi connectivity index (χ1) is 7.36. The van der Waals surface area contributed by atoms with Crippen LogP contribution >= 0.6 is 11.6 Å². The molecular weight excluding hydrogens is 250 g/mol. The van der Waals surface area contributed by atoms with Crippen molar-refractivity contribution in [3.63, 3.8) is 0 Å². The van der Waals surface area contributed by atoms with Crippen LogP contribution in [0.1, 0.15) is 6.92 Å². The van der Waals surface area contributed by atoms with Crippen LogP contribution in [0.4, 0.5) is 5.69 Å². The van der Waals surface area contributed by atoms with Crippen LogP contribution in [0.3, 0.4) is 0 Å². The number of anilines is 1. The Morgan fingerprint density at radius 3 is 2.69 bits per heavy atom. The first kappa shape index (κ1) is 13.3. The van der Waals surface area contributed by atoms with Gasteiger partial charge in [0, 0.05) is 12.8 Å². The number of sulfone groups is 1. The molecule has 0 aromatic heterocycles. The Bertz CT molecular complexity index is 473. The van der Waals surface area contributed by atoms with Gasteiger partial charge in [0.1, 0.15) is 0 Å². The second-order valence-electron chi connectivity index (χ2n) is 3.52. The molecule has 1 rings (SSSR count). The summed E-state index contributed by atoms with van der Waals surface area (Å²) in [4.78, 5) is 0.0538.